The lowest BCUT2D eigenvalue weighted by molar-refractivity contribution is -0.142. The summed E-state index contributed by atoms with van der Waals surface area (Å²) in [6.45, 7) is 3.46. The summed E-state index contributed by atoms with van der Waals surface area (Å²) in [4.78, 5) is 8.88. The molecule has 0 radical (unpaired) electrons. The highest BCUT2D eigenvalue weighted by Gasteiger charge is 2.39. The van der Waals surface area contributed by atoms with E-state index < -0.39 is 29.0 Å². The third kappa shape index (κ3) is 4.29. The Kier molecular flexibility index (Phi) is 5.34. The number of hydrogen-bond donors (Lipinski definition) is 0. The molecular weight excluding hydrogens is 494 g/mol. The van der Waals surface area contributed by atoms with Crippen LogP contribution in [0.1, 0.15) is 28.3 Å². The second-order valence-electron chi connectivity index (χ2n) is 7.92. The zero-order valence-electron chi connectivity index (χ0n) is 18.4. The van der Waals surface area contributed by atoms with Gasteiger partial charge in [0.1, 0.15) is 29.4 Å². The molecule has 36 heavy (non-hydrogen) atoms. The molecule has 5 rings (SSSR count). The molecule has 0 unspecified atom stereocenters. The molecule has 2 aromatic heterocycles. The van der Waals surface area contributed by atoms with Gasteiger partial charge in [-0.1, -0.05) is 16.4 Å². The molecule has 0 saturated heterocycles. The fourth-order valence-corrected chi connectivity index (χ4v) is 3.71. The van der Waals surface area contributed by atoms with Gasteiger partial charge in [0.2, 0.25) is 0 Å². The quantitative estimate of drug-likeness (QED) is 0.284. The van der Waals surface area contributed by atoms with Crippen LogP contribution in [0.4, 0.5) is 26.3 Å². The molecule has 186 valence electrons. The van der Waals surface area contributed by atoms with Crippen LogP contribution in [0.2, 0.25) is 0 Å². The van der Waals surface area contributed by atoms with E-state index in [2.05, 4.69) is 25.4 Å². The number of halogens is 6. The van der Waals surface area contributed by atoms with E-state index in [1.54, 1.807) is 20.0 Å². The van der Waals surface area contributed by atoms with Gasteiger partial charge in [-0.05, 0) is 26.0 Å². The van der Waals surface area contributed by atoms with Crippen LogP contribution >= 0.6 is 0 Å². The van der Waals surface area contributed by atoms with Crippen LogP contribution in [0.3, 0.4) is 0 Å². The number of rotatable bonds is 4. The number of alkyl halides is 6. The maximum atomic E-state index is 13.5. The smallest absolute Gasteiger partial charge is 0.361 e. The molecule has 0 N–H and O–H groups in total. The van der Waals surface area contributed by atoms with Gasteiger partial charge in [0.25, 0.3) is 0 Å². The fraction of sp³-hybridized carbons (Fsp3) is 0.227. The molecule has 14 heteroatoms. The van der Waals surface area contributed by atoms with E-state index in [0.717, 1.165) is 6.07 Å². The minimum absolute atomic E-state index is 0.0293. The number of benzene rings is 1. The van der Waals surface area contributed by atoms with Crippen LogP contribution in [0, 0.1) is 13.8 Å². The lowest BCUT2D eigenvalue weighted by Crippen LogP contribution is -2.12. The minimum Gasteiger partial charge on any atom is -0.361 e. The van der Waals surface area contributed by atoms with Gasteiger partial charge in [0, 0.05) is 11.6 Å². The SMILES string of the molecule is Cc1noc(C)c1-c1nc2cnn(Cc3cc(-c4ccc(C(F)(F)F)cc4C(F)(F)F)no3)cc-2n1. The topological polar surface area (TPSA) is 95.7 Å². The summed E-state index contributed by atoms with van der Waals surface area (Å²) in [5.74, 6) is 1.09. The van der Waals surface area contributed by atoms with Gasteiger partial charge in [0.05, 0.1) is 34.8 Å². The summed E-state index contributed by atoms with van der Waals surface area (Å²) in [6, 6.07) is 2.55. The summed E-state index contributed by atoms with van der Waals surface area (Å²) in [5, 5.41) is 11.7. The molecular formula is C22H14F6N6O2. The highest BCUT2D eigenvalue weighted by Crippen LogP contribution is 2.40. The number of fused-ring (bicyclic) bond motifs is 1. The zero-order chi connectivity index (χ0) is 25.8. The number of aromatic nitrogens is 6. The number of nitrogens with zero attached hydrogens (tertiary/aromatic N) is 6. The highest BCUT2D eigenvalue weighted by molar-refractivity contribution is 5.68. The summed E-state index contributed by atoms with van der Waals surface area (Å²) in [7, 11) is 0. The lowest BCUT2D eigenvalue weighted by Gasteiger charge is -2.14. The lowest BCUT2D eigenvalue weighted by atomic mass is 10.0. The van der Waals surface area contributed by atoms with Crippen molar-refractivity contribution in [3.8, 4) is 34.0 Å². The minimum atomic E-state index is -5.04. The average molecular weight is 508 g/mol. The normalized spacial score (nSPS) is 12.6. The monoisotopic (exact) mass is 508 g/mol. The van der Waals surface area contributed by atoms with E-state index in [1.165, 1.54) is 16.9 Å². The van der Waals surface area contributed by atoms with Crippen molar-refractivity contribution in [1.82, 2.24) is 30.1 Å². The second-order valence-corrected chi connectivity index (χ2v) is 7.92. The van der Waals surface area contributed by atoms with E-state index in [1.807, 2.05) is 0 Å². The molecule has 0 amide bonds. The maximum absolute atomic E-state index is 13.5. The van der Waals surface area contributed by atoms with Crippen molar-refractivity contribution in [1.29, 1.82) is 0 Å². The van der Waals surface area contributed by atoms with Gasteiger partial charge in [-0.25, -0.2) is 9.97 Å². The molecule has 0 bridgehead atoms. The molecule has 2 aliphatic heterocycles. The van der Waals surface area contributed by atoms with E-state index in [9.17, 15) is 26.3 Å². The van der Waals surface area contributed by atoms with Crippen molar-refractivity contribution in [3.63, 3.8) is 0 Å². The average Bonchev–Trinajstić information content (AvgIpc) is 3.50. The summed E-state index contributed by atoms with van der Waals surface area (Å²) in [6.07, 6.45) is -6.94. The summed E-state index contributed by atoms with van der Waals surface area (Å²) < 4.78 is 91.0. The van der Waals surface area contributed by atoms with Crippen LogP contribution in [-0.4, -0.2) is 30.1 Å². The first kappa shape index (κ1) is 23.5. The van der Waals surface area contributed by atoms with Crippen LogP contribution < -0.4 is 0 Å². The Balaban J connectivity index is 1.44. The molecule has 0 aliphatic carbocycles. The zero-order valence-corrected chi connectivity index (χ0v) is 18.4. The second kappa shape index (κ2) is 8.17. The number of aryl methyl sites for hydroxylation is 2. The molecule has 1 aromatic carbocycles. The Bertz CT molecular complexity index is 1510. The molecule has 8 nitrogen and oxygen atoms in total. The third-order valence-corrected chi connectivity index (χ3v) is 5.38. The Labute approximate surface area is 197 Å². The van der Waals surface area contributed by atoms with Crippen LogP contribution in [0.15, 0.2) is 45.7 Å². The molecule has 4 heterocycles. The Morgan fingerprint density at radius 2 is 1.61 bits per heavy atom. The first-order valence-electron chi connectivity index (χ1n) is 10.3. The van der Waals surface area contributed by atoms with E-state index in [4.69, 9.17) is 9.05 Å². The molecule has 0 saturated carbocycles. The Hall–Kier alpha value is -4.23. The Morgan fingerprint density at radius 1 is 0.861 bits per heavy atom. The Morgan fingerprint density at radius 3 is 2.28 bits per heavy atom. The standard InChI is InChI=1S/C22H14F6N6O2/c1-10-19(11(2)35-32-10)20-30-17-7-29-34(9-18(17)31-20)8-13-6-16(33-36-13)14-4-3-12(21(23,24)25)5-15(14)22(26,27)28/h3-7,9H,8H2,1-2H3. The molecule has 0 spiro atoms. The predicted octanol–water partition coefficient (Wildman–Crippen LogP) is 5.79. The van der Waals surface area contributed by atoms with Gasteiger partial charge in [-0.3, -0.25) is 4.68 Å². The van der Waals surface area contributed by atoms with Crippen molar-refractivity contribution in [2.75, 3.05) is 0 Å². The molecule has 2 aliphatic rings. The van der Waals surface area contributed by atoms with Gasteiger partial charge in [0.15, 0.2) is 11.6 Å². The van der Waals surface area contributed by atoms with Gasteiger partial charge < -0.3 is 9.05 Å². The van der Waals surface area contributed by atoms with Crippen LogP contribution in [0.5, 0.6) is 0 Å². The molecule has 0 atom stereocenters. The predicted molar refractivity (Wildman–Crippen MR) is 110 cm³/mol. The fourth-order valence-electron chi connectivity index (χ4n) is 3.71. The third-order valence-electron chi connectivity index (χ3n) is 5.38. The van der Waals surface area contributed by atoms with Crippen molar-refractivity contribution in [2.24, 2.45) is 0 Å². The van der Waals surface area contributed by atoms with Crippen molar-refractivity contribution >= 4 is 0 Å². The van der Waals surface area contributed by atoms with Gasteiger partial charge in [-0.2, -0.15) is 31.4 Å². The highest BCUT2D eigenvalue weighted by atomic mass is 19.4. The molecule has 3 aromatic rings. The van der Waals surface area contributed by atoms with E-state index in [0.29, 0.717) is 40.3 Å². The van der Waals surface area contributed by atoms with Gasteiger partial charge >= 0.3 is 12.4 Å². The maximum Gasteiger partial charge on any atom is 0.417 e. The van der Waals surface area contributed by atoms with Crippen molar-refractivity contribution < 1.29 is 35.4 Å². The van der Waals surface area contributed by atoms with Crippen molar-refractivity contribution in [2.45, 2.75) is 32.7 Å². The summed E-state index contributed by atoms with van der Waals surface area (Å²) in [5.41, 5.74) is -1.41. The first-order chi connectivity index (χ1) is 16.9. The largest absolute Gasteiger partial charge is 0.417 e. The van der Waals surface area contributed by atoms with Crippen LogP contribution in [0.25, 0.3) is 34.0 Å². The number of imidazole rings is 1. The number of hydrogen-bond acceptors (Lipinski definition) is 7. The van der Waals surface area contributed by atoms with E-state index >= 15 is 0 Å². The van der Waals surface area contributed by atoms with E-state index in [-0.39, 0.29) is 24.1 Å². The molecule has 0 fully saturated rings. The van der Waals surface area contributed by atoms with Gasteiger partial charge in [-0.15, -0.1) is 0 Å². The van der Waals surface area contributed by atoms with Crippen molar-refractivity contribution in [3.05, 3.63) is 65.0 Å². The summed E-state index contributed by atoms with van der Waals surface area (Å²) >= 11 is 0. The van der Waals surface area contributed by atoms with Crippen LogP contribution in [-0.2, 0) is 18.9 Å². The first-order valence-corrected chi connectivity index (χ1v) is 10.3.